The van der Waals surface area contributed by atoms with Gasteiger partial charge in [-0.2, -0.15) is 0 Å². The summed E-state index contributed by atoms with van der Waals surface area (Å²) in [6, 6.07) is 0. The molecule has 2 heterocycles. The number of nitrogens with one attached hydrogen (secondary N) is 1. The zero-order chi connectivity index (χ0) is 15.5. The van der Waals surface area contributed by atoms with Gasteiger partial charge in [0.25, 0.3) is 0 Å². The third kappa shape index (κ3) is 3.23. The van der Waals surface area contributed by atoms with Gasteiger partial charge in [-0.1, -0.05) is 20.3 Å². The van der Waals surface area contributed by atoms with Gasteiger partial charge in [0.1, 0.15) is 0 Å². The van der Waals surface area contributed by atoms with Crippen LogP contribution in [0.15, 0.2) is 0 Å². The highest BCUT2D eigenvalue weighted by atomic mass is 16.4. The molecule has 5 heteroatoms. The molecular weight excluding hydrogens is 268 g/mol. The molecule has 2 saturated heterocycles. The summed E-state index contributed by atoms with van der Waals surface area (Å²) >= 11 is 0. The Morgan fingerprint density at radius 3 is 2.19 bits per heavy atom. The topological polar surface area (TPSA) is 69.6 Å². The standard InChI is InChI=1S/C16H28N2O3/c1-3-4-16(14(20)21)7-11-18(12-8-16)13(19)15(2)5-9-17-10-6-15/h17H,3-12H2,1-2H3,(H,20,21). The molecule has 2 N–H and O–H groups in total. The molecule has 0 aromatic carbocycles. The number of hydrogen-bond donors (Lipinski definition) is 2. The molecule has 2 rings (SSSR count). The SMILES string of the molecule is CCCC1(C(=O)O)CCN(C(=O)C2(C)CCNCC2)CC1. The molecule has 120 valence electrons. The van der Waals surface area contributed by atoms with E-state index in [4.69, 9.17) is 0 Å². The lowest BCUT2D eigenvalue weighted by molar-refractivity contribution is -0.157. The molecule has 0 bridgehead atoms. The highest BCUT2D eigenvalue weighted by Gasteiger charge is 2.44. The summed E-state index contributed by atoms with van der Waals surface area (Å²) in [5.41, 5.74) is -0.875. The Morgan fingerprint density at radius 2 is 1.71 bits per heavy atom. The van der Waals surface area contributed by atoms with E-state index in [0.717, 1.165) is 32.4 Å². The Bertz CT molecular complexity index is 394. The molecule has 0 unspecified atom stereocenters. The van der Waals surface area contributed by atoms with E-state index in [1.807, 2.05) is 11.8 Å². The third-order valence-corrected chi connectivity index (χ3v) is 5.41. The number of likely N-dealkylation sites (tertiary alicyclic amines) is 1. The van der Waals surface area contributed by atoms with Crippen molar-refractivity contribution in [3.63, 3.8) is 0 Å². The van der Waals surface area contributed by atoms with Crippen LogP contribution in [-0.4, -0.2) is 48.1 Å². The lowest BCUT2D eigenvalue weighted by Gasteiger charge is -2.43. The van der Waals surface area contributed by atoms with E-state index in [-0.39, 0.29) is 11.3 Å². The Balaban J connectivity index is 1.99. The third-order valence-electron chi connectivity index (χ3n) is 5.41. The largest absolute Gasteiger partial charge is 0.481 e. The first-order chi connectivity index (χ1) is 9.93. The number of aliphatic carboxylic acids is 1. The number of carbonyl (C=O) groups is 2. The highest BCUT2D eigenvalue weighted by Crippen LogP contribution is 2.39. The van der Waals surface area contributed by atoms with Crippen LogP contribution in [0.2, 0.25) is 0 Å². The fourth-order valence-corrected chi connectivity index (χ4v) is 3.76. The number of carbonyl (C=O) groups excluding carboxylic acids is 1. The number of carboxylic acid groups (broad SMARTS) is 1. The number of rotatable bonds is 4. The summed E-state index contributed by atoms with van der Waals surface area (Å²) in [6.07, 6.45) is 4.53. The molecule has 0 aromatic rings. The Labute approximate surface area is 127 Å². The second-order valence-electron chi connectivity index (χ2n) is 6.94. The highest BCUT2D eigenvalue weighted by molar-refractivity contribution is 5.83. The van der Waals surface area contributed by atoms with Crippen molar-refractivity contribution in [2.24, 2.45) is 10.8 Å². The molecule has 0 radical (unpaired) electrons. The summed E-state index contributed by atoms with van der Waals surface area (Å²) in [5, 5.41) is 12.8. The van der Waals surface area contributed by atoms with Gasteiger partial charge in [-0.05, 0) is 45.2 Å². The molecule has 2 aliphatic rings. The van der Waals surface area contributed by atoms with Crippen molar-refractivity contribution in [1.29, 1.82) is 0 Å². The van der Waals surface area contributed by atoms with Gasteiger partial charge in [-0.25, -0.2) is 0 Å². The molecule has 21 heavy (non-hydrogen) atoms. The Hall–Kier alpha value is -1.10. The normalized spacial score (nSPS) is 24.6. The fourth-order valence-electron chi connectivity index (χ4n) is 3.76. The monoisotopic (exact) mass is 296 g/mol. The van der Waals surface area contributed by atoms with Crippen LogP contribution < -0.4 is 5.32 Å². The van der Waals surface area contributed by atoms with Crippen LogP contribution in [0.4, 0.5) is 0 Å². The van der Waals surface area contributed by atoms with Crippen LogP contribution in [0, 0.1) is 10.8 Å². The van der Waals surface area contributed by atoms with E-state index in [0.29, 0.717) is 32.4 Å². The number of piperidine rings is 2. The van der Waals surface area contributed by atoms with Gasteiger partial charge in [0, 0.05) is 18.5 Å². The van der Waals surface area contributed by atoms with Crippen molar-refractivity contribution in [1.82, 2.24) is 10.2 Å². The van der Waals surface area contributed by atoms with Crippen molar-refractivity contribution in [2.75, 3.05) is 26.2 Å². The van der Waals surface area contributed by atoms with Crippen LogP contribution >= 0.6 is 0 Å². The average Bonchev–Trinajstić information content (AvgIpc) is 2.48. The van der Waals surface area contributed by atoms with Crippen molar-refractivity contribution in [2.45, 2.75) is 52.4 Å². The summed E-state index contributed by atoms with van der Waals surface area (Å²) in [6.45, 7) is 7.05. The van der Waals surface area contributed by atoms with Crippen molar-refractivity contribution < 1.29 is 14.7 Å². The molecule has 0 atom stereocenters. The molecule has 0 aliphatic carbocycles. The molecule has 0 spiro atoms. The van der Waals surface area contributed by atoms with Gasteiger partial charge in [-0.3, -0.25) is 9.59 Å². The first-order valence-electron chi connectivity index (χ1n) is 8.17. The minimum atomic E-state index is -0.690. The molecule has 2 fully saturated rings. The van der Waals surface area contributed by atoms with Gasteiger partial charge in [0.2, 0.25) is 5.91 Å². The second-order valence-corrected chi connectivity index (χ2v) is 6.94. The predicted octanol–water partition coefficient (Wildman–Crippen LogP) is 1.87. The Kier molecular flexibility index (Phi) is 4.91. The number of hydrogen-bond acceptors (Lipinski definition) is 3. The predicted molar refractivity (Wildman–Crippen MR) is 81.0 cm³/mol. The summed E-state index contributed by atoms with van der Waals surface area (Å²) in [5.74, 6) is -0.469. The lowest BCUT2D eigenvalue weighted by Crippen LogP contribution is -2.52. The van der Waals surface area contributed by atoms with Gasteiger partial charge < -0.3 is 15.3 Å². The second kappa shape index (κ2) is 6.34. The summed E-state index contributed by atoms with van der Waals surface area (Å²) < 4.78 is 0. The van der Waals surface area contributed by atoms with Gasteiger partial charge in [0.05, 0.1) is 5.41 Å². The minimum Gasteiger partial charge on any atom is -0.481 e. The lowest BCUT2D eigenvalue weighted by atomic mass is 9.73. The average molecular weight is 296 g/mol. The van der Waals surface area contributed by atoms with Crippen molar-refractivity contribution in [3.05, 3.63) is 0 Å². The van der Waals surface area contributed by atoms with Crippen LogP contribution in [0.1, 0.15) is 52.4 Å². The molecule has 2 aliphatic heterocycles. The van der Waals surface area contributed by atoms with E-state index in [1.165, 1.54) is 0 Å². The maximum absolute atomic E-state index is 12.8. The van der Waals surface area contributed by atoms with Gasteiger partial charge in [-0.15, -0.1) is 0 Å². The molecule has 0 aromatic heterocycles. The van der Waals surface area contributed by atoms with E-state index in [9.17, 15) is 14.7 Å². The molecular formula is C16H28N2O3. The van der Waals surface area contributed by atoms with Gasteiger partial charge >= 0.3 is 5.97 Å². The number of nitrogens with zero attached hydrogens (tertiary/aromatic N) is 1. The van der Waals surface area contributed by atoms with Crippen LogP contribution in [-0.2, 0) is 9.59 Å². The zero-order valence-electron chi connectivity index (χ0n) is 13.3. The van der Waals surface area contributed by atoms with E-state index in [2.05, 4.69) is 12.2 Å². The fraction of sp³-hybridized carbons (Fsp3) is 0.875. The molecule has 5 nitrogen and oxygen atoms in total. The maximum Gasteiger partial charge on any atom is 0.309 e. The summed E-state index contributed by atoms with van der Waals surface area (Å²) in [7, 11) is 0. The number of amides is 1. The van der Waals surface area contributed by atoms with Gasteiger partial charge in [0.15, 0.2) is 0 Å². The summed E-state index contributed by atoms with van der Waals surface area (Å²) in [4.78, 5) is 26.3. The smallest absolute Gasteiger partial charge is 0.309 e. The van der Waals surface area contributed by atoms with E-state index >= 15 is 0 Å². The first kappa shape index (κ1) is 16.3. The maximum atomic E-state index is 12.8. The van der Waals surface area contributed by atoms with Crippen LogP contribution in [0.3, 0.4) is 0 Å². The van der Waals surface area contributed by atoms with E-state index < -0.39 is 11.4 Å². The quantitative estimate of drug-likeness (QED) is 0.831. The number of carboxylic acids is 1. The Morgan fingerprint density at radius 1 is 1.14 bits per heavy atom. The van der Waals surface area contributed by atoms with Crippen molar-refractivity contribution >= 4 is 11.9 Å². The minimum absolute atomic E-state index is 0.222. The van der Waals surface area contributed by atoms with Crippen molar-refractivity contribution in [3.8, 4) is 0 Å². The van der Waals surface area contributed by atoms with E-state index in [1.54, 1.807) is 0 Å². The molecule has 0 saturated carbocycles. The molecule has 1 amide bonds. The van der Waals surface area contributed by atoms with Crippen LogP contribution in [0.5, 0.6) is 0 Å². The zero-order valence-corrected chi connectivity index (χ0v) is 13.3. The first-order valence-corrected chi connectivity index (χ1v) is 8.17. The van der Waals surface area contributed by atoms with Crippen LogP contribution in [0.25, 0.3) is 0 Å².